The first-order valence-corrected chi connectivity index (χ1v) is 5.40. The third-order valence-electron chi connectivity index (χ3n) is 2.81. The first-order valence-electron chi connectivity index (χ1n) is 5.40. The Bertz CT molecular complexity index is 370. The Labute approximate surface area is 97.0 Å². The van der Waals surface area contributed by atoms with Gasteiger partial charge < -0.3 is 14.6 Å². The number of benzene rings is 1. The van der Waals surface area contributed by atoms with Crippen LogP contribution in [-0.2, 0) is 6.42 Å². The second-order valence-electron chi connectivity index (χ2n) is 4.07. The third-order valence-corrected chi connectivity index (χ3v) is 2.81. The molecule has 0 aliphatic heterocycles. The van der Waals surface area contributed by atoms with Crippen LogP contribution in [0.15, 0.2) is 6.07 Å². The molecule has 1 aromatic rings. The molecule has 0 saturated carbocycles. The summed E-state index contributed by atoms with van der Waals surface area (Å²) in [6.07, 6.45) is 0.182. The number of rotatable bonds is 4. The molecule has 3 nitrogen and oxygen atoms in total. The first-order chi connectivity index (χ1) is 7.51. The van der Waals surface area contributed by atoms with Gasteiger partial charge in [-0.3, -0.25) is 0 Å². The number of hydrogen-bond acceptors (Lipinski definition) is 3. The van der Waals surface area contributed by atoms with Crippen molar-refractivity contribution in [3.63, 3.8) is 0 Å². The van der Waals surface area contributed by atoms with Gasteiger partial charge >= 0.3 is 0 Å². The maximum absolute atomic E-state index is 9.45. The van der Waals surface area contributed by atoms with E-state index in [1.54, 1.807) is 21.1 Å². The van der Waals surface area contributed by atoms with Crippen LogP contribution in [0.25, 0.3) is 0 Å². The first kappa shape index (κ1) is 12.8. The Morgan fingerprint density at radius 1 is 1.19 bits per heavy atom. The van der Waals surface area contributed by atoms with E-state index in [0.717, 1.165) is 28.2 Å². The molecule has 0 heterocycles. The summed E-state index contributed by atoms with van der Waals surface area (Å²) >= 11 is 0. The summed E-state index contributed by atoms with van der Waals surface area (Å²) in [5.41, 5.74) is 3.13. The predicted octanol–water partition coefficient (Wildman–Crippen LogP) is 2.24. The molecule has 0 fully saturated rings. The summed E-state index contributed by atoms with van der Waals surface area (Å²) < 4.78 is 10.7. The average Bonchev–Trinajstić information content (AvgIpc) is 2.23. The van der Waals surface area contributed by atoms with Crippen molar-refractivity contribution in [2.75, 3.05) is 14.2 Å². The molecule has 0 saturated heterocycles. The zero-order chi connectivity index (χ0) is 12.3. The minimum atomic E-state index is -0.388. The van der Waals surface area contributed by atoms with Crippen LogP contribution >= 0.6 is 0 Å². The lowest BCUT2D eigenvalue weighted by Gasteiger charge is -2.17. The van der Waals surface area contributed by atoms with Crippen LogP contribution in [0.2, 0.25) is 0 Å². The summed E-state index contributed by atoms with van der Waals surface area (Å²) in [5, 5.41) is 9.45. The van der Waals surface area contributed by atoms with Crippen LogP contribution in [0.1, 0.15) is 23.6 Å². The quantitative estimate of drug-likeness (QED) is 0.852. The monoisotopic (exact) mass is 224 g/mol. The molecule has 1 N–H and O–H groups in total. The number of ether oxygens (including phenoxy) is 2. The van der Waals surface area contributed by atoms with Gasteiger partial charge in [-0.15, -0.1) is 0 Å². The van der Waals surface area contributed by atoms with Crippen molar-refractivity contribution in [1.29, 1.82) is 0 Å². The Morgan fingerprint density at radius 3 is 2.25 bits per heavy atom. The smallest absolute Gasteiger partial charge is 0.125 e. The number of methoxy groups -OCH3 is 2. The molecule has 1 rings (SSSR count). The van der Waals surface area contributed by atoms with Crippen molar-refractivity contribution in [1.82, 2.24) is 0 Å². The lowest BCUT2D eigenvalue weighted by molar-refractivity contribution is 0.194. The topological polar surface area (TPSA) is 38.7 Å². The van der Waals surface area contributed by atoms with Crippen LogP contribution in [-0.4, -0.2) is 25.4 Å². The van der Waals surface area contributed by atoms with Crippen molar-refractivity contribution in [2.24, 2.45) is 0 Å². The molecule has 0 spiro atoms. The zero-order valence-corrected chi connectivity index (χ0v) is 10.6. The number of hydrogen-bond donors (Lipinski definition) is 1. The largest absolute Gasteiger partial charge is 0.496 e. The number of aliphatic hydroxyl groups is 1. The molecule has 0 aliphatic rings. The van der Waals surface area contributed by atoms with E-state index in [-0.39, 0.29) is 6.10 Å². The van der Waals surface area contributed by atoms with Gasteiger partial charge in [-0.05, 0) is 38.0 Å². The molecule has 16 heavy (non-hydrogen) atoms. The summed E-state index contributed by atoms with van der Waals surface area (Å²) in [6.45, 7) is 5.77. The lowest BCUT2D eigenvalue weighted by atomic mass is 9.99. The SMILES string of the molecule is COc1cc(CC(C)O)c(OC)c(C)c1C. The molecule has 3 heteroatoms. The van der Waals surface area contributed by atoms with Crippen molar-refractivity contribution in [3.05, 3.63) is 22.8 Å². The Morgan fingerprint density at radius 2 is 1.81 bits per heavy atom. The van der Waals surface area contributed by atoms with E-state index < -0.39 is 0 Å². The van der Waals surface area contributed by atoms with Crippen molar-refractivity contribution in [2.45, 2.75) is 33.3 Å². The fourth-order valence-corrected chi connectivity index (χ4v) is 1.89. The maximum atomic E-state index is 9.45. The molecular weight excluding hydrogens is 204 g/mol. The van der Waals surface area contributed by atoms with E-state index in [2.05, 4.69) is 0 Å². The highest BCUT2D eigenvalue weighted by molar-refractivity contribution is 5.52. The van der Waals surface area contributed by atoms with E-state index in [1.165, 1.54) is 0 Å². The summed E-state index contributed by atoms with van der Waals surface area (Å²) in [7, 11) is 3.31. The van der Waals surface area contributed by atoms with Crippen molar-refractivity contribution < 1.29 is 14.6 Å². The highest BCUT2D eigenvalue weighted by atomic mass is 16.5. The Kier molecular flexibility index (Phi) is 4.19. The fraction of sp³-hybridized carbons (Fsp3) is 0.538. The molecule has 1 unspecified atom stereocenters. The molecule has 0 bridgehead atoms. The van der Waals surface area contributed by atoms with Gasteiger partial charge in [0, 0.05) is 12.0 Å². The van der Waals surface area contributed by atoms with E-state index >= 15 is 0 Å². The minimum Gasteiger partial charge on any atom is -0.496 e. The van der Waals surface area contributed by atoms with Crippen LogP contribution in [0.5, 0.6) is 11.5 Å². The Hall–Kier alpha value is -1.22. The van der Waals surface area contributed by atoms with Crippen molar-refractivity contribution >= 4 is 0 Å². The van der Waals surface area contributed by atoms with Gasteiger partial charge in [0.05, 0.1) is 20.3 Å². The average molecular weight is 224 g/mol. The van der Waals surface area contributed by atoms with E-state index in [0.29, 0.717) is 6.42 Å². The standard InChI is InChI=1S/C13H20O3/c1-8(14)6-11-7-12(15-4)9(2)10(3)13(11)16-5/h7-8,14H,6H2,1-5H3. The third kappa shape index (κ3) is 2.47. The van der Waals surface area contributed by atoms with Gasteiger partial charge in [-0.1, -0.05) is 0 Å². The molecular formula is C13H20O3. The molecule has 0 amide bonds. The van der Waals surface area contributed by atoms with Gasteiger partial charge in [0.2, 0.25) is 0 Å². The fourth-order valence-electron chi connectivity index (χ4n) is 1.89. The normalized spacial score (nSPS) is 12.4. The van der Waals surface area contributed by atoms with Gasteiger partial charge in [0.15, 0.2) is 0 Å². The summed E-state index contributed by atoms with van der Waals surface area (Å²) in [6, 6.07) is 1.94. The second kappa shape index (κ2) is 5.21. The van der Waals surface area contributed by atoms with E-state index in [1.807, 2.05) is 19.9 Å². The Balaban J connectivity index is 3.29. The highest BCUT2D eigenvalue weighted by Gasteiger charge is 2.14. The molecule has 90 valence electrons. The highest BCUT2D eigenvalue weighted by Crippen LogP contribution is 2.33. The van der Waals surface area contributed by atoms with Gasteiger partial charge in [0.1, 0.15) is 11.5 Å². The molecule has 1 aromatic carbocycles. The van der Waals surface area contributed by atoms with E-state index in [9.17, 15) is 5.11 Å². The molecule has 1 atom stereocenters. The molecule has 0 aromatic heterocycles. The van der Waals surface area contributed by atoms with Gasteiger partial charge in [-0.25, -0.2) is 0 Å². The maximum Gasteiger partial charge on any atom is 0.125 e. The zero-order valence-electron chi connectivity index (χ0n) is 10.6. The van der Waals surface area contributed by atoms with Crippen molar-refractivity contribution in [3.8, 4) is 11.5 Å². The molecule has 0 aliphatic carbocycles. The second-order valence-corrected chi connectivity index (χ2v) is 4.07. The van der Waals surface area contributed by atoms with Crippen LogP contribution < -0.4 is 9.47 Å². The predicted molar refractivity (Wildman–Crippen MR) is 64.4 cm³/mol. The minimum absolute atomic E-state index is 0.388. The van der Waals surface area contributed by atoms with Gasteiger partial charge in [-0.2, -0.15) is 0 Å². The lowest BCUT2D eigenvalue weighted by Crippen LogP contribution is -2.08. The number of aliphatic hydroxyl groups excluding tert-OH is 1. The van der Waals surface area contributed by atoms with E-state index in [4.69, 9.17) is 9.47 Å². The van der Waals surface area contributed by atoms with Crippen LogP contribution in [0.3, 0.4) is 0 Å². The van der Waals surface area contributed by atoms with Crippen LogP contribution in [0.4, 0.5) is 0 Å². The summed E-state index contributed by atoms with van der Waals surface area (Å²) in [4.78, 5) is 0. The van der Waals surface area contributed by atoms with Gasteiger partial charge in [0.25, 0.3) is 0 Å². The summed E-state index contributed by atoms with van der Waals surface area (Å²) in [5.74, 6) is 1.69. The van der Waals surface area contributed by atoms with Crippen LogP contribution in [0, 0.1) is 13.8 Å². The molecule has 0 radical (unpaired) electrons.